The molecule has 0 aliphatic carbocycles. The molecule has 5 aromatic carbocycles. The molecule has 0 aromatic heterocycles. The maximum absolute atomic E-state index is 13.4. The number of aromatic hydroxyl groups is 2. The largest absolute Gasteiger partial charge is 0.506 e. The number of phenolic OH excluding ortho intramolecular Hbond substituents is 2. The first-order valence-corrected chi connectivity index (χ1v) is 16.3. The lowest BCUT2D eigenvalue weighted by atomic mass is 9.96. The molecule has 12 heteroatoms. The van der Waals surface area contributed by atoms with Crippen molar-refractivity contribution in [3.05, 3.63) is 112 Å². The van der Waals surface area contributed by atoms with Crippen molar-refractivity contribution in [2.45, 2.75) is 38.5 Å². The van der Waals surface area contributed by atoms with Gasteiger partial charge in [0.15, 0.2) is 0 Å². The van der Waals surface area contributed by atoms with Crippen molar-refractivity contribution < 1.29 is 23.4 Å². The van der Waals surface area contributed by atoms with Crippen LogP contribution in [-0.4, -0.2) is 24.5 Å². The summed E-state index contributed by atoms with van der Waals surface area (Å²) in [6.07, 6.45) is 0.404. The van der Waals surface area contributed by atoms with Crippen molar-refractivity contribution in [2.24, 2.45) is 10.2 Å². The molecular weight excluding hydrogens is 629 g/mol. The molecule has 0 aliphatic heterocycles. The Morgan fingerprint density at radius 3 is 2.31 bits per heavy atom. The second-order valence-electron chi connectivity index (χ2n) is 11.1. The highest BCUT2D eigenvalue weighted by molar-refractivity contribution is 7.92. The lowest BCUT2D eigenvalue weighted by Crippen LogP contribution is -2.13. The Labute approximate surface area is 277 Å². The summed E-state index contributed by atoms with van der Waals surface area (Å²) in [7, 11) is -4.07. The van der Waals surface area contributed by atoms with Crippen molar-refractivity contribution >= 4 is 49.5 Å². The number of nitrogens with zero attached hydrogens (tertiary/aromatic N) is 4. The first kappa shape index (κ1) is 33.1. The minimum absolute atomic E-state index is 0.0145. The number of nitriles is 2. The van der Waals surface area contributed by atoms with E-state index in [1.807, 2.05) is 32.1 Å². The number of fused-ring (bicyclic) bond motifs is 1. The van der Waals surface area contributed by atoms with Crippen LogP contribution in [0.4, 0.5) is 22.7 Å². The zero-order chi connectivity index (χ0) is 34.6. The van der Waals surface area contributed by atoms with E-state index in [-0.39, 0.29) is 57.6 Å². The summed E-state index contributed by atoms with van der Waals surface area (Å²) in [5.74, 6) is -0.684. The predicted octanol–water partition coefficient (Wildman–Crippen LogP) is 7.77. The topological polar surface area (TPSA) is 188 Å². The molecule has 0 atom stereocenters. The fraction of sp³-hybridized carbons (Fsp3) is 0.139. The van der Waals surface area contributed by atoms with Crippen LogP contribution in [0.15, 0.2) is 94.0 Å². The van der Waals surface area contributed by atoms with Gasteiger partial charge in [-0.15, -0.1) is 5.11 Å². The smallest absolute Gasteiger partial charge is 0.262 e. The van der Waals surface area contributed by atoms with Gasteiger partial charge in [0, 0.05) is 17.2 Å². The fourth-order valence-electron chi connectivity index (χ4n) is 5.11. The quantitative estimate of drug-likeness (QED) is 0.0919. The van der Waals surface area contributed by atoms with Gasteiger partial charge >= 0.3 is 0 Å². The average molecular weight is 659 g/mol. The average Bonchev–Trinajstić information content (AvgIpc) is 3.07. The summed E-state index contributed by atoms with van der Waals surface area (Å²) in [5, 5.41) is 52.6. The van der Waals surface area contributed by atoms with Gasteiger partial charge in [0.2, 0.25) is 5.91 Å². The third kappa shape index (κ3) is 6.94. The number of carbonyl (C=O) groups excluding carboxylic acids is 1. The van der Waals surface area contributed by atoms with E-state index >= 15 is 0 Å². The van der Waals surface area contributed by atoms with Gasteiger partial charge in [0.1, 0.15) is 23.6 Å². The van der Waals surface area contributed by atoms with Crippen LogP contribution in [0.3, 0.4) is 0 Å². The summed E-state index contributed by atoms with van der Waals surface area (Å²) in [5.41, 5.74) is 4.08. The molecule has 0 heterocycles. The zero-order valence-corrected chi connectivity index (χ0v) is 27.1. The molecule has 5 aromatic rings. The van der Waals surface area contributed by atoms with E-state index in [0.717, 1.165) is 11.1 Å². The lowest BCUT2D eigenvalue weighted by molar-refractivity contribution is -0.115. The van der Waals surface area contributed by atoms with Gasteiger partial charge in [-0.1, -0.05) is 37.3 Å². The molecular formula is C36H30N6O5S. The monoisotopic (exact) mass is 658 g/mol. The Morgan fingerprint density at radius 1 is 0.854 bits per heavy atom. The standard InChI is InChI=1S/C36H30N6O5S/c1-4-34(44)39-32-18-31(41-40-27-12-11-25(19-37)26(17-27)20-38)35-24(8-6-10-29(35)36(32)45)15-23-7-5-9-28(16-23)48(46,47)42-30-13-21(2)22(3)14-33(30)43/h5-14,16-18,42-43,45H,4,15H2,1-3H3,(H,39,44). The Morgan fingerprint density at radius 2 is 1.58 bits per heavy atom. The number of nitrogens with one attached hydrogen (secondary N) is 2. The second-order valence-corrected chi connectivity index (χ2v) is 12.8. The van der Waals surface area contributed by atoms with E-state index in [0.29, 0.717) is 33.3 Å². The number of sulfonamides is 1. The van der Waals surface area contributed by atoms with Crippen molar-refractivity contribution in [2.75, 3.05) is 10.0 Å². The van der Waals surface area contributed by atoms with Crippen molar-refractivity contribution in [3.8, 4) is 23.6 Å². The van der Waals surface area contributed by atoms with E-state index in [1.165, 1.54) is 36.4 Å². The fourth-order valence-corrected chi connectivity index (χ4v) is 6.24. The van der Waals surface area contributed by atoms with Gasteiger partial charge in [-0.2, -0.15) is 15.6 Å². The number of carbonyl (C=O) groups is 1. The molecule has 1 amide bonds. The Bertz CT molecular complexity index is 2320. The predicted molar refractivity (Wildman–Crippen MR) is 182 cm³/mol. The highest BCUT2D eigenvalue weighted by atomic mass is 32.2. The summed E-state index contributed by atoms with van der Waals surface area (Å²) >= 11 is 0. The van der Waals surface area contributed by atoms with Crippen LogP contribution >= 0.6 is 0 Å². The molecule has 0 radical (unpaired) electrons. The molecule has 0 fully saturated rings. The Hall–Kier alpha value is -6.24. The van der Waals surface area contributed by atoms with Crippen LogP contribution in [0.2, 0.25) is 0 Å². The van der Waals surface area contributed by atoms with Crippen LogP contribution in [0.5, 0.6) is 11.5 Å². The lowest BCUT2D eigenvalue weighted by Gasteiger charge is -2.15. The maximum Gasteiger partial charge on any atom is 0.262 e. The zero-order valence-electron chi connectivity index (χ0n) is 26.2. The molecule has 4 N–H and O–H groups in total. The SMILES string of the molecule is CCC(=O)Nc1cc(N=Nc2ccc(C#N)c(C#N)c2)c2c(Cc3cccc(S(=O)(=O)Nc4cc(C)c(C)cc4O)c3)cccc2c1O. The number of benzene rings is 5. The van der Waals surface area contributed by atoms with Gasteiger partial charge in [-0.05, 0) is 91.1 Å². The molecule has 11 nitrogen and oxygen atoms in total. The van der Waals surface area contributed by atoms with Gasteiger partial charge in [0.05, 0.1) is 38.8 Å². The normalized spacial score (nSPS) is 11.3. The molecule has 0 bridgehead atoms. The number of phenols is 2. The number of aryl methyl sites for hydroxylation is 2. The van der Waals surface area contributed by atoms with Crippen LogP contribution < -0.4 is 10.0 Å². The molecule has 48 heavy (non-hydrogen) atoms. The third-order valence-corrected chi connectivity index (χ3v) is 9.13. The van der Waals surface area contributed by atoms with Crippen molar-refractivity contribution in [3.63, 3.8) is 0 Å². The number of azo groups is 1. The van der Waals surface area contributed by atoms with Gasteiger partial charge in [0.25, 0.3) is 10.0 Å². The summed E-state index contributed by atoms with van der Waals surface area (Å²) in [6.45, 7) is 5.31. The Balaban J connectivity index is 1.58. The number of hydrogen-bond donors (Lipinski definition) is 4. The van der Waals surface area contributed by atoms with Gasteiger partial charge in [-0.3, -0.25) is 9.52 Å². The summed E-state index contributed by atoms with van der Waals surface area (Å²) in [4.78, 5) is 12.3. The van der Waals surface area contributed by atoms with Gasteiger partial charge in [-0.25, -0.2) is 8.42 Å². The molecule has 0 spiro atoms. The summed E-state index contributed by atoms with van der Waals surface area (Å²) < 4.78 is 29.2. The minimum Gasteiger partial charge on any atom is -0.506 e. The summed E-state index contributed by atoms with van der Waals surface area (Å²) in [6, 6.07) is 24.5. The highest BCUT2D eigenvalue weighted by Crippen LogP contribution is 2.42. The van der Waals surface area contributed by atoms with E-state index in [2.05, 4.69) is 20.3 Å². The second kappa shape index (κ2) is 13.6. The molecule has 0 aliphatic rings. The van der Waals surface area contributed by atoms with Crippen molar-refractivity contribution in [1.82, 2.24) is 0 Å². The molecule has 5 rings (SSSR count). The first-order chi connectivity index (χ1) is 22.9. The molecule has 240 valence electrons. The third-order valence-electron chi connectivity index (χ3n) is 7.77. The van der Waals surface area contributed by atoms with E-state index in [4.69, 9.17) is 0 Å². The van der Waals surface area contributed by atoms with E-state index in [9.17, 15) is 33.9 Å². The number of amides is 1. The van der Waals surface area contributed by atoms with Crippen LogP contribution in [0.25, 0.3) is 10.8 Å². The van der Waals surface area contributed by atoms with Gasteiger partial charge < -0.3 is 15.5 Å². The maximum atomic E-state index is 13.4. The first-order valence-electron chi connectivity index (χ1n) is 14.8. The number of rotatable bonds is 9. The van der Waals surface area contributed by atoms with Crippen molar-refractivity contribution in [1.29, 1.82) is 10.5 Å². The minimum atomic E-state index is -4.07. The number of hydrogen-bond acceptors (Lipinski definition) is 9. The molecule has 0 saturated heterocycles. The Kier molecular flexibility index (Phi) is 9.41. The van der Waals surface area contributed by atoms with E-state index < -0.39 is 10.0 Å². The van der Waals surface area contributed by atoms with Crippen LogP contribution in [0, 0.1) is 36.5 Å². The van der Waals surface area contributed by atoms with Crippen LogP contribution in [0.1, 0.15) is 46.7 Å². The highest BCUT2D eigenvalue weighted by Gasteiger charge is 2.20. The molecule has 0 unspecified atom stereocenters. The number of anilines is 2. The van der Waals surface area contributed by atoms with E-state index in [1.54, 1.807) is 43.3 Å². The molecule has 0 saturated carbocycles. The van der Waals surface area contributed by atoms with Crippen LogP contribution in [-0.2, 0) is 21.2 Å².